The summed E-state index contributed by atoms with van der Waals surface area (Å²) in [6, 6.07) is 9.75. The molecule has 2 nitrogen and oxygen atoms in total. The normalized spacial score (nSPS) is 11.4. The molecule has 0 atom stereocenters. The van der Waals surface area contributed by atoms with Gasteiger partial charge in [-0.3, -0.25) is 0 Å². The van der Waals surface area contributed by atoms with E-state index in [2.05, 4.69) is 30.8 Å². The highest BCUT2D eigenvalue weighted by atomic mass is 28.2. The maximum atomic E-state index is 5.20. The Kier molecular flexibility index (Phi) is 6.07. The molecule has 0 saturated carbocycles. The first kappa shape index (κ1) is 13.2. The second-order valence-electron chi connectivity index (χ2n) is 3.74. The molecule has 0 N–H and O–H groups in total. The Balaban J connectivity index is 2.34. The van der Waals surface area contributed by atoms with Crippen molar-refractivity contribution in [3.63, 3.8) is 0 Å². The first-order valence-corrected chi connectivity index (χ1v) is 7.38. The number of hydrogen-bond acceptors (Lipinski definition) is 2. The van der Waals surface area contributed by atoms with Crippen LogP contribution >= 0.6 is 0 Å². The van der Waals surface area contributed by atoms with Gasteiger partial charge in [0.1, 0.15) is 5.91 Å². The van der Waals surface area contributed by atoms with Crippen LogP contribution in [0.1, 0.15) is 11.1 Å². The third-order valence-corrected chi connectivity index (χ3v) is 4.55. The fraction of sp³-hybridized carbons (Fsp3) is 0.385. The van der Waals surface area contributed by atoms with Crippen molar-refractivity contribution in [2.75, 3.05) is 14.2 Å². The van der Waals surface area contributed by atoms with Crippen LogP contribution < -0.4 is 0 Å². The van der Waals surface area contributed by atoms with Gasteiger partial charge in [0.2, 0.25) is 0 Å². The fourth-order valence-corrected chi connectivity index (χ4v) is 3.04. The lowest BCUT2D eigenvalue weighted by atomic mass is 10.1. The predicted octanol–water partition coefficient (Wildman–Crippen LogP) is 2.04. The number of benzene rings is 1. The molecule has 0 aromatic heterocycles. The van der Waals surface area contributed by atoms with Gasteiger partial charge < -0.3 is 9.47 Å². The SMILES string of the molecule is C=Cc1ccc(CC[SiH2]C(OC)OC)cc1. The first-order chi connectivity index (χ1) is 7.80. The molecular formula is C13H20O2Si. The van der Waals surface area contributed by atoms with Gasteiger partial charge in [-0.15, -0.1) is 0 Å². The fourth-order valence-electron chi connectivity index (χ4n) is 1.63. The van der Waals surface area contributed by atoms with Crippen molar-refractivity contribution >= 4 is 15.6 Å². The molecule has 1 aromatic carbocycles. The molecule has 1 aromatic rings. The monoisotopic (exact) mass is 236 g/mol. The third kappa shape index (κ3) is 4.31. The molecule has 88 valence electrons. The Morgan fingerprint density at radius 3 is 2.38 bits per heavy atom. The van der Waals surface area contributed by atoms with Gasteiger partial charge in [-0.25, -0.2) is 0 Å². The Labute approximate surface area is 100 Å². The molecule has 0 radical (unpaired) electrons. The van der Waals surface area contributed by atoms with E-state index < -0.39 is 0 Å². The van der Waals surface area contributed by atoms with Gasteiger partial charge in [-0.05, 0) is 17.5 Å². The van der Waals surface area contributed by atoms with Crippen LogP contribution in [0.5, 0.6) is 0 Å². The molecule has 0 unspecified atom stereocenters. The lowest BCUT2D eigenvalue weighted by Crippen LogP contribution is -2.21. The van der Waals surface area contributed by atoms with E-state index in [1.54, 1.807) is 14.2 Å². The average Bonchev–Trinajstić information content (AvgIpc) is 2.35. The smallest absolute Gasteiger partial charge is 0.134 e. The van der Waals surface area contributed by atoms with Gasteiger partial charge >= 0.3 is 0 Å². The van der Waals surface area contributed by atoms with Crippen LogP contribution in [0, 0.1) is 0 Å². The summed E-state index contributed by atoms with van der Waals surface area (Å²) in [4.78, 5) is 0. The Morgan fingerprint density at radius 1 is 1.25 bits per heavy atom. The Bertz CT molecular complexity index is 304. The summed E-state index contributed by atoms with van der Waals surface area (Å²) in [7, 11) is 3.12. The minimum atomic E-state index is -0.298. The van der Waals surface area contributed by atoms with Crippen molar-refractivity contribution in [2.45, 2.75) is 18.4 Å². The van der Waals surface area contributed by atoms with E-state index in [-0.39, 0.29) is 15.4 Å². The van der Waals surface area contributed by atoms with Crippen molar-refractivity contribution in [2.24, 2.45) is 0 Å². The summed E-state index contributed by atoms with van der Waals surface area (Å²) >= 11 is 0. The highest BCUT2D eigenvalue weighted by Crippen LogP contribution is 2.08. The molecule has 0 heterocycles. The number of methoxy groups -OCH3 is 2. The Morgan fingerprint density at radius 2 is 1.88 bits per heavy atom. The van der Waals surface area contributed by atoms with Crippen LogP contribution in [0.2, 0.25) is 6.04 Å². The summed E-state index contributed by atoms with van der Waals surface area (Å²) < 4.78 is 10.4. The van der Waals surface area contributed by atoms with Crippen molar-refractivity contribution < 1.29 is 9.47 Å². The van der Waals surface area contributed by atoms with Crippen molar-refractivity contribution in [1.82, 2.24) is 0 Å². The molecule has 0 bridgehead atoms. The van der Waals surface area contributed by atoms with Gasteiger partial charge in [0, 0.05) is 14.2 Å². The third-order valence-electron chi connectivity index (χ3n) is 2.65. The van der Waals surface area contributed by atoms with E-state index >= 15 is 0 Å². The molecule has 0 aliphatic rings. The van der Waals surface area contributed by atoms with E-state index in [1.807, 2.05) is 6.08 Å². The van der Waals surface area contributed by atoms with E-state index in [0.717, 1.165) is 6.42 Å². The van der Waals surface area contributed by atoms with Crippen molar-refractivity contribution in [1.29, 1.82) is 0 Å². The average molecular weight is 236 g/mol. The lowest BCUT2D eigenvalue weighted by Gasteiger charge is -2.12. The largest absolute Gasteiger partial charge is 0.360 e. The Hall–Kier alpha value is -0.903. The molecule has 16 heavy (non-hydrogen) atoms. The zero-order chi connectivity index (χ0) is 11.8. The molecule has 0 amide bonds. The van der Waals surface area contributed by atoms with E-state index in [0.29, 0.717) is 0 Å². The highest BCUT2D eigenvalue weighted by molar-refractivity contribution is 6.36. The van der Waals surface area contributed by atoms with Crippen LogP contribution in [-0.4, -0.2) is 29.7 Å². The van der Waals surface area contributed by atoms with Gasteiger partial charge in [-0.1, -0.05) is 43.0 Å². The summed E-state index contributed by atoms with van der Waals surface area (Å²) in [5.74, 6) is 0.0625. The van der Waals surface area contributed by atoms with Gasteiger partial charge in [0.25, 0.3) is 0 Å². The standard InChI is InChI=1S/C13H20O2Si/c1-4-11-5-7-12(8-6-11)9-10-16-13(14-2)15-3/h4-8,13H,1,9-10,16H2,2-3H3. The van der Waals surface area contributed by atoms with Crippen LogP contribution in [-0.2, 0) is 15.9 Å². The topological polar surface area (TPSA) is 18.5 Å². The molecule has 3 heteroatoms. The highest BCUT2D eigenvalue weighted by Gasteiger charge is 2.05. The first-order valence-electron chi connectivity index (χ1n) is 5.57. The van der Waals surface area contributed by atoms with Crippen LogP contribution in [0.4, 0.5) is 0 Å². The second kappa shape index (κ2) is 7.38. The van der Waals surface area contributed by atoms with Crippen LogP contribution in [0.3, 0.4) is 0 Å². The summed E-state index contributed by atoms with van der Waals surface area (Å²) in [6.45, 7) is 3.74. The van der Waals surface area contributed by atoms with E-state index in [4.69, 9.17) is 9.47 Å². The van der Waals surface area contributed by atoms with Crippen molar-refractivity contribution in [3.8, 4) is 0 Å². The summed E-state index contributed by atoms with van der Waals surface area (Å²) in [5, 5.41) is 0. The number of hydrogen-bond donors (Lipinski definition) is 0. The number of aryl methyl sites for hydroxylation is 1. The van der Waals surface area contributed by atoms with Gasteiger partial charge in [0.05, 0.1) is 9.52 Å². The minimum absolute atomic E-state index is 0.0625. The van der Waals surface area contributed by atoms with Crippen molar-refractivity contribution in [3.05, 3.63) is 42.0 Å². The maximum Gasteiger partial charge on any atom is 0.134 e. The summed E-state index contributed by atoms with van der Waals surface area (Å²) in [5.41, 5.74) is 2.55. The van der Waals surface area contributed by atoms with E-state index in [9.17, 15) is 0 Å². The van der Waals surface area contributed by atoms with Crippen LogP contribution in [0.15, 0.2) is 30.8 Å². The molecule has 1 rings (SSSR count). The number of rotatable bonds is 7. The minimum Gasteiger partial charge on any atom is -0.360 e. The predicted molar refractivity (Wildman–Crippen MR) is 71.4 cm³/mol. The second-order valence-corrected chi connectivity index (χ2v) is 5.69. The zero-order valence-corrected chi connectivity index (χ0v) is 11.5. The van der Waals surface area contributed by atoms with Gasteiger partial charge in [-0.2, -0.15) is 0 Å². The van der Waals surface area contributed by atoms with Gasteiger partial charge in [0.15, 0.2) is 0 Å². The molecule has 0 aliphatic carbocycles. The number of ether oxygens (including phenoxy) is 2. The maximum absolute atomic E-state index is 5.20. The van der Waals surface area contributed by atoms with E-state index in [1.165, 1.54) is 17.2 Å². The molecular weight excluding hydrogens is 216 g/mol. The molecule has 0 aliphatic heterocycles. The molecule has 0 saturated heterocycles. The molecule has 0 fully saturated rings. The molecule has 0 spiro atoms. The zero-order valence-electron chi connectivity index (χ0n) is 10.1. The van der Waals surface area contributed by atoms with Crippen LogP contribution in [0.25, 0.3) is 6.08 Å². The lowest BCUT2D eigenvalue weighted by molar-refractivity contribution is -0.0440. The summed E-state index contributed by atoms with van der Waals surface area (Å²) in [6.07, 6.45) is 2.98. The quantitative estimate of drug-likeness (QED) is 0.533.